The second-order valence-corrected chi connectivity index (χ2v) is 2.56. The van der Waals surface area contributed by atoms with Gasteiger partial charge in [0.15, 0.2) is 0 Å². The first kappa shape index (κ1) is 14.7. The van der Waals surface area contributed by atoms with Crippen molar-refractivity contribution in [1.29, 1.82) is 0 Å². The maximum Gasteiger partial charge on any atom is 0.461 e. The van der Waals surface area contributed by atoms with E-state index < -0.39 is 30.7 Å². The minimum atomic E-state index is -6.29. The minimum Gasteiger partial charge on any atom is -0.231 e. The molecule has 0 rings (SSSR count). The molecule has 0 bridgehead atoms. The SMILES string of the molecule is FC(F)(F)C(F)(OOCCCl)C(F)(F)F. The van der Waals surface area contributed by atoms with Crippen LogP contribution in [0.1, 0.15) is 0 Å². The van der Waals surface area contributed by atoms with Crippen molar-refractivity contribution in [2.24, 2.45) is 0 Å². The molecule has 0 heterocycles. The molecular formula is C5H4ClF7O2. The van der Waals surface area contributed by atoms with Gasteiger partial charge in [-0.2, -0.15) is 35.6 Å². The molecule has 10 heteroatoms. The third kappa shape index (κ3) is 3.35. The predicted molar refractivity (Wildman–Crippen MR) is 33.7 cm³/mol. The maximum absolute atomic E-state index is 12.5. The summed E-state index contributed by atoms with van der Waals surface area (Å²) in [6, 6.07) is 0. The van der Waals surface area contributed by atoms with E-state index in [0.29, 0.717) is 0 Å². The lowest BCUT2D eigenvalue weighted by atomic mass is 10.3. The molecule has 0 N–H and O–H groups in total. The Bertz CT molecular complexity index is 187. The van der Waals surface area contributed by atoms with E-state index in [0.717, 1.165) is 0 Å². The molecule has 0 aromatic rings. The van der Waals surface area contributed by atoms with Crippen molar-refractivity contribution in [2.45, 2.75) is 18.2 Å². The largest absolute Gasteiger partial charge is 0.461 e. The van der Waals surface area contributed by atoms with Crippen LogP contribution < -0.4 is 0 Å². The Balaban J connectivity index is 4.74. The van der Waals surface area contributed by atoms with Crippen LogP contribution in [0.5, 0.6) is 0 Å². The molecule has 2 nitrogen and oxygen atoms in total. The Hall–Kier alpha value is -0.280. The van der Waals surface area contributed by atoms with E-state index in [4.69, 9.17) is 11.6 Å². The Kier molecular flexibility index (Phi) is 4.62. The van der Waals surface area contributed by atoms with Gasteiger partial charge in [-0.3, -0.25) is 0 Å². The fourth-order valence-corrected chi connectivity index (χ4v) is 0.473. The summed E-state index contributed by atoms with van der Waals surface area (Å²) >= 11 is 4.87. The summed E-state index contributed by atoms with van der Waals surface area (Å²) in [6.07, 6.45) is -12.6. The van der Waals surface area contributed by atoms with Crippen molar-refractivity contribution in [1.82, 2.24) is 0 Å². The molecule has 0 aliphatic heterocycles. The first-order valence-electron chi connectivity index (χ1n) is 3.25. The van der Waals surface area contributed by atoms with Crippen LogP contribution in [-0.2, 0) is 9.78 Å². The molecule has 0 saturated carbocycles. The van der Waals surface area contributed by atoms with Gasteiger partial charge in [-0.15, -0.1) is 11.6 Å². The van der Waals surface area contributed by atoms with Crippen molar-refractivity contribution < 1.29 is 40.5 Å². The smallest absolute Gasteiger partial charge is 0.231 e. The lowest BCUT2D eigenvalue weighted by Gasteiger charge is -2.27. The summed E-state index contributed by atoms with van der Waals surface area (Å²) in [5.74, 6) is -6.31. The zero-order valence-electron chi connectivity index (χ0n) is 6.75. The molecule has 0 atom stereocenters. The summed E-state index contributed by atoms with van der Waals surface area (Å²) in [6.45, 7) is -0.820. The van der Waals surface area contributed by atoms with Gasteiger partial charge in [0.1, 0.15) is 0 Å². The average Bonchev–Trinajstić information content (AvgIpc) is 2.00. The van der Waals surface area contributed by atoms with Crippen molar-refractivity contribution >= 4 is 11.6 Å². The number of rotatable bonds is 4. The molecule has 0 spiro atoms. The first-order valence-corrected chi connectivity index (χ1v) is 3.78. The van der Waals surface area contributed by atoms with Crippen LogP contribution in [0, 0.1) is 0 Å². The first-order chi connectivity index (χ1) is 6.56. The van der Waals surface area contributed by atoms with E-state index in [1.807, 2.05) is 0 Å². The van der Waals surface area contributed by atoms with E-state index in [1.165, 1.54) is 0 Å². The highest BCUT2D eigenvalue weighted by Gasteiger charge is 2.76. The van der Waals surface area contributed by atoms with Crippen LogP contribution in [0.3, 0.4) is 0 Å². The third-order valence-corrected chi connectivity index (χ3v) is 1.22. The van der Waals surface area contributed by atoms with Crippen molar-refractivity contribution in [2.75, 3.05) is 12.5 Å². The second kappa shape index (κ2) is 4.71. The fraction of sp³-hybridized carbons (Fsp3) is 1.00. The molecule has 15 heavy (non-hydrogen) atoms. The maximum atomic E-state index is 12.5. The van der Waals surface area contributed by atoms with Gasteiger partial charge >= 0.3 is 18.2 Å². The second-order valence-electron chi connectivity index (χ2n) is 2.19. The van der Waals surface area contributed by atoms with E-state index in [9.17, 15) is 30.7 Å². The number of hydrogen-bond donors (Lipinski definition) is 0. The van der Waals surface area contributed by atoms with Crippen LogP contribution in [-0.4, -0.2) is 30.7 Å². The molecule has 92 valence electrons. The lowest BCUT2D eigenvalue weighted by Crippen LogP contribution is -2.55. The van der Waals surface area contributed by atoms with E-state index >= 15 is 0 Å². The molecule has 0 radical (unpaired) electrons. The molecule has 0 aromatic heterocycles. The van der Waals surface area contributed by atoms with Gasteiger partial charge < -0.3 is 0 Å². The fourth-order valence-electron chi connectivity index (χ4n) is 0.410. The standard InChI is InChI=1S/C5H4ClF7O2/c6-1-2-14-15-3(7,4(8,9)10)5(11,12)13/h1-2H2. The van der Waals surface area contributed by atoms with E-state index in [-0.39, 0.29) is 0 Å². The molecule has 0 fully saturated rings. The number of halogens is 8. The normalized spacial score (nSPS) is 14.4. The Morgan fingerprint density at radius 3 is 1.53 bits per heavy atom. The highest BCUT2D eigenvalue weighted by molar-refractivity contribution is 6.17. The van der Waals surface area contributed by atoms with Crippen LogP contribution in [0.25, 0.3) is 0 Å². The minimum absolute atomic E-state index is 0.453. The summed E-state index contributed by atoms with van der Waals surface area (Å²) < 4.78 is 82.7. The van der Waals surface area contributed by atoms with Crippen molar-refractivity contribution in [3.63, 3.8) is 0 Å². The summed E-state index contributed by atoms with van der Waals surface area (Å²) in [5, 5.41) is 0. The zero-order valence-corrected chi connectivity index (χ0v) is 7.51. The van der Waals surface area contributed by atoms with E-state index in [2.05, 4.69) is 9.78 Å². The van der Waals surface area contributed by atoms with Crippen LogP contribution in [0.15, 0.2) is 0 Å². The Labute approximate surface area is 83.8 Å². The van der Waals surface area contributed by atoms with Gasteiger partial charge in [-0.05, 0) is 0 Å². The molecule has 0 amide bonds. The molecule has 0 aromatic carbocycles. The monoisotopic (exact) mass is 264 g/mol. The van der Waals surface area contributed by atoms with E-state index in [1.54, 1.807) is 0 Å². The topological polar surface area (TPSA) is 18.5 Å². The Morgan fingerprint density at radius 2 is 1.27 bits per heavy atom. The lowest BCUT2D eigenvalue weighted by molar-refractivity contribution is -0.520. The Morgan fingerprint density at radius 1 is 0.867 bits per heavy atom. The number of alkyl halides is 8. The van der Waals surface area contributed by atoms with Crippen molar-refractivity contribution in [3.05, 3.63) is 0 Å². The van der Waals surface area contributed by atoms with Gasteiger partial charge in [0.05, 0.1) is 6.61 Å². The van der Waals surface area contributed by atoms with Crippen LogP contribution in [0.4, 0.5) is 30.7 Å². The van der Waals surface area contributed by atoms with Crippen LogP contribution >= 0.6 is 11.6 Å². The summed E-state index contributed by atoms with van der Waals surface area (Å²) in [5.41, 5.74) is 0. The van der Waals surface area contributed by atoms with Gasteiger partial charge in [0.2, 0.25) is 0 Å². The molecule has 0 aliphatic rings. The highest BCUT2D eigenvalue weighted by Crippen LogP contribution is 2.46. The summed E-state index contributed by atoms with van der Waals surface area (Å²) in [7, 11) is 0. The molecule has 0 aliphatic carbocycles. The highest BCUT2D eigenvalue weighted by atomic mass is 35.5. The average molecular weight is 265 g/mol. The summed E-state index contributed by atoms with van der Waals surface area (Å²) in [4.78, 5) is 6.05. The molecular weight excluding hydrogens is 260 g/mol. The van der Waals surface area contributed by atoms with Crippen LogP contribution in [0.2, 0.25) is 0 Å². The number of hydrogen-bond acceptors (Lipinski definition) is 2. The molecule has 0 unspecified atom stereocenters. The van der Waals surface area contributed by atoms with Crippen molar-refractivity contribution in [3.8, 4) is 0 Å². The van der Waals surface area contributed by atoms with Gasteiger partial charge in [-0.25, -0.2) is 4.89 Å². The van der Waals surface area contributed by atoms with Gasteiger partial charge in [0.25, 0.3) is 0 Å². The third-order valence-electron chi connectivity index (χ3n) is 1.06. The predicted octanol–water partition coefficient (Wildman–Crippen LogP) is 2.96. The zero-order chi connectivity index (χ0) is 12.3. The molecule has 0 saturated heterocycles. The van der Waals surface area contributed by atoms with Gasteiger partial charge in [0, 0.05) is 5.88 Å². The van der Waals surface area contributed by atoms with Gasteiger partial charge in [-0.1, -0.05) is 0 Å². The quantitative estimate of drug-likeness (QED) is 0.255.